The maximum atomic E-state index is 12.8. The lowest BCUT2D eigenvalue weighted by molar-refractivity contribution is -0.136. The van der Waals surface area contributed by atoms with Crippen molar-refractivity contribution < 1.29 is 9.53 Å². The molecule has 2 aliphatic rings. The van der Waals surface area contributed by atoms with Crippen LogP contribution in [0, 0.1) is 0 Å². The average molecular weight is 334 g/mol. The summed E-state index contributed by atoms with van der Waals surface area (Å²) < 4.78 is 5.69. The Morgan fingerprint density at radius 3 is 2.83 bits per heavy atom. The largest absolute Gasteiger partial charge is 0.484 e. The van der Waals surface area contributed by atoms with Crippen LogP contribution in [0.25, 0.3) is 0 Å². The van der Waals surface area contributed by atoms with Gasteiger partial charge in [0.25, 0.3) is 5.91 Å². The summed E-state index contributed by atoms with van der Waals surface area (Å²) in [6.45, 7) is 2.98. The smallest absolute Gasteiger partial charge is 0.260 e. The number of hydrogen-bond acceptors (Lipinski definition) is 4. The van der Waals surface area contributed by atoms with Crippen LogP contribution < -0.4 is 10.1 Å². The van der Waals surface area contributed by atoms with Crippen LogP contribution in [0.2, 0.25) is 0 Å². The summed E-state index contributed by atoms with van der Waals surface area (Å²) >= 11 is 2.01. The molecule has 0 spiro atoms. The third-order valence-corrected chi connectivity index (χ3v) is 5.94. The summed E-state index contributed by atoms with van der Waals surface area (Å²) in [6.07, 6.45) is 4.75. The zero-order chi connectivity index (χ0) is 15.9. The molecule has 2 fully saturated rings. The van der Waals surface area contributed by atoms with Gasteiger partial charge in [0.15, 0.2) is 6.61 Å². The molecule has 5 heteroatoms. The van der Waals surface area contributed by atoms with Crippen molar-refractivity contribution in [1.82, 2.24) is 10.2 Å². The van der Waals surface area contributed by atoms with Crippen molar-refractivity contribution in [2.45, 2.75) is 37.0 Å². The van der Waals surface area contributed by atoms with Crippen molar-refractivity contribution in [3.05, 3.63) is 30.3 Å². The van der Waals surface area contributed by atoms with E-state index in [1.54, 1.807) is 0 Å². The van der Waals surface area contributed by atoms with Crippen molar-refractivity contribution >= 4 is 17.7 Å². The predicted molar refractivity (Wildman–Crippen MR) is 95.0 cm³/mol. The minimum absolute atomic E-state index is 0.120. The number of ether oxygens (including phenoxy) is 1. The molecular weight excluding hydrogens is 308 g/mol. The molecule has 0 saturated carbocycles. The highest BCUT2D eigenvalue weighted by molar-refractivity contribution is 8.00. The van der Waals surface area contributed by atoms with E-state index in [1.807, 2.05) is 42.1 Å². The third-order valence-electron chi connectivity index (χ3n) is 4.56. The lowest BCUT2D eigenvalue weighted by atomic mass is 10.0. The first-order valence-electron chi connectivity index (χ1n) is 8.62. The average Bonchev–Trinajstić information content (AvgIpc) is 3.12. The highest BCUT2D eigenvalue weighted by atomic mass is 32.2. The molecule has 1 aromatic carbocycles. The van der Waals surface area contributed by atoms with Crippen LogP contribution in [0.4, 0.5) is 0 Å². The number of nitrogens with zero attached hydrogens (tertiary/aromatic N) is 1. The van der Waals surface area contributed by atoms with Crippen LogP contribution in [0.1, 0.15) is 25.7 Å². The second-order valence-electron chi connectivity index (χ2n) is 6.28. The van der Waals surface area contributed by atoms with Gasteiger partial charge in [-0.05, 0) is 50.1 Å². The molecule has 23 heavy (non-hydrogen) atoms. The van der Waals surface area contributed by atoms with E-state index in [1.165, 1.54) is 18.6 Å². The van der Waals surface area contributed by atoms with Gasteiger partial charge in [0, 0.05) is 24.4 Å². The molecule has 2 unspecified atom stereocenters. The normalized spacial score (nSPS) is 24.3. The van der Waals surface area contributed by atoms with Crippen LogP contribution >= 0.6 is 11.8 Å². The van der Waals surface area contributed by atoms with Crippen LogP contribution in [0.5, 0.6) is 5.75 Å². The lowest BCUT2D eigenvalue weighted by Gasteiger charge is -2.36. The summed E-state index contributed by atoms with van der Waals surface area (Å²) in [4.78, 5) is 14.8. The van der Waals surface area contributed by atoms with Crippen LogP contribution in [-0.4, -0.2) is 54.1 Å². The van der Waals surface area contributed by atoms with Gasteiger partial charge < -0.3 is 15.0 Å². The van der Waals surface area contributed by atoms with Gasteiger partial charge in [-0.2, -0.15) is 11.8 Å². The number of thioether (sulfide) groups is 1. The number of amides is 1. The van der Waals surface area contributed by atoms with Crippen molar-refractivity contribution in [3.63, 3.8) is 0 Å². The Balaban J connectivity index is 1.59. The van der Waals surface area contributed by atoms with E-state index in [-0.39, 0.29) is 12.5 Å². The number of nitrogens with one attached hydrogen (secondary N) is 1. The second-order valence-corrected chi connectivity index (χ2v) is 7.69. The fourth-order valence-electron chi connectivity index (χ4n) is 3.31. The topological polar surface area (TPSA) is 41.6 Å². The number of benzene rings is 1. The molecule has 2 saturated heterocycles. The maximum Gasteiger partial charge on any atom is 0.260 e. The standard InChI is InChI=1S/C18H26N2O2S/c21-18(14-22-16-7-2-1-3-8-16)20(13-17-9-5-11-23-17)15-6-4-10-19-12-15/h1-3,7-8,15,17,19H,4-6,9-14H2. The molecule has 0 bridgehead atoms. The van der Waals surface area contributed by atoms with Crippen LogP contribution in [-0.2, 0) is 4.79 Å². The maximum absolute atomic E-state index is 12.8. The van der Waals surface area contributed by atoms with Gasteiger partial charge >= 0.3 is 0 Å². The second kappa shape index (κ2) is 8.60. The summed E-state index contributed by atoms with van der Waals surface area (Å²) in [5.41, 5.74) is 0. The van der Waals surface area contributed by atoms with Crippen molar-refractivity contribution in [2.24, 2.45) is 0 Å². The molecule has 2 aliphatic heterocycles. The lowest BCUT2D eigenvalue weighted by Crippen LogP contribution is -2.51. The minimum Gasteiger partial charge on any atom is -0.484 e. The highest BCUT2D eigenvalue weighted by Gasteiger charge is 2.29. The first-order valence-corrected chi connectivity index (χ1v) is 9.67. The van der Waals surface area contributed by atoms with E-state index >= 15 is 0 Å². The van der Waals surface area contributed by atoms with E-state index in [2.05, 4.69) is 10.2 Å². The summed E-state index contributed by atoms with van der Waals surface area (Å²) in [6, 6.07) is 9.91. The Labute approximate surface area is 143 Å². The monoisotopic (exact) mass is 334 g/mol. The molecule has 1 amide bonds. The van der Waals surface area contributed by atoms with Gasteiger partial charge in [0.1, 0.15) is 5.75 Å². The minimum atomic E-state index is 0.120. The molecule has 0 aliphatic carbocycles. The van der Waals surface area contributed by atoms with Crippen molar-refractivity contribution in [1.29, 1.82) is 0 Å². The van der Waals surface area contributed by atoms with Gasteiger partial charge in [-0.25, -0.2) is 0 Å². The van der Waals surface area contributed by atoms with E-state index in [9.17, 15) is 4.79 Å². The molecule has 2 atom stereocenters. The molecule has 0 radical (unpaired) electrons. The van der Waals surface area contributed by atoms with Gasteiger partial charge in [0.05, 0.1) is 0 Å². The molecule has 126 valence electrons. The number of para-hydroxylation sites is 1. The Morgan fingerprint density at radius 1 is 1.26 bits per heavy atom. The van der Waals surface area contributed by atoms with E-state index < -0.39 is 0 Å². The fraction of sp³-hybridized carbons (Fsp3) is 0.611. The van der Waals surface area contributed by atoms with Crippen LogP contribution in [0.3, 0.4) is 0 Å². The highest BCUT2D eigenvalue weighted by Crippen LogP contribution is 2.28. The van der Waals surface area contributed by atoms with Crippen molar-refractivity contribution in [3.8, 4) is 5.75 Å². The Morgan fingerprint density at radius 2 is 2.13 bits per heavy atom. The molecule has 3 rings (SSSR count). The molecule has 4 nitrogen and oxygen atoms in total. The zero-order valence-electron chi connectivity index (χ0n) is 13.6. The third kappa shape index (κ3) is 4.88. The molecule has 1 aromatic rings. The summed E-state index contributed by atoms with van der Waals surface area (Å²) in [5, 5.41) is 4.02. The van der Waals surface area contributed by atoms with Gasteiger partial charge in [-0.3, -0.25) is 4.79 Å². The Hall–Kier alpha value is -1.20. The zero-order valence-corrected chi connectivity index (χ0v) is 14.4. The number of hydrogen-bond donors (Lipinski definition) is 1. The van der Waals surface area contributed by atoms with Gasteiger partial charge in [-0.1, -0.05) is 18.2 Å². The van der Waals surface area contributed by atoms with Gasteiger partial charge in [0.2, 0.25) is 0 Å². The number of rotatable bonds is 6. The first kappa shape index (κ1) is 16.7. The van der Waals surface area contributed by atoms with Crippen LogP contribution in [0.15, 0.2) is 30.3 Å². The number of carbonyl (C=O) groups is 1. The number of piperidine rings is 1. The SMILES string of the molecule is O=C(COc1ccccc1)N(CC1CCCS1)C1CCCNC1. The van der Waals surface area contributed by atoms with E-state index in [0.717, 1.165) is 38.2 Å². The first-order chi connectivity index (χ1) is 11.3. The summed E-state index contributed by atoms with van der Waals surface area (Å²) in [5.74, 6) is 2.11. The predicted octanol–water partition coefficient (Wildman–Crippen LogP) is 2.54. The van der Waals surface area contributed by atoms with E-state index in [4.69, 9.17) is 4.74 Å². The summed E-state index contributed by atoms with van der Waals surface area (Å²) in [7, 11) is 0. The van der Waals surface area contributed by atoms with Gasteiger partial charge in [-0.15, -0.1) is 0 Å². The van der Waals surface area contributed by atoms with E-state index in [0.29, 0.717) is 11.3 Å². The molecule has 2 heterocycles. The molecule has 1 N–H and O–H groups in total. The Kier molecular flexibility index (Phi) is 6.22. The van der Waals surface area contributed by atoms with Crippen molar-refractivity contribution in [2.75, 3.05) is 32.0 Å². The molecule has 0 aromatic heterocycles. The quantitative estimate of drug-likeness (QED) is 0.868. The fourth-order valence-corrected chi connectivity index (χ4v) is 4.57. The number of carbonyl (C=O) groups excluding carboxylic acids is 1. The molecular formula is C18H26N2O2S. The Bertz CT molecular complexity index is 485.